The quantitative estimate of drug-likeness (QED) is 0.317. The minimum absolute atomic E-state index is 0.242. The molecule has 4 rings (SSSR count). The number of para-hydroxylation sites is 2. The molecule has 0 bridgehead atoms. The minimum Gasteiger partial charge on any atom is -0.207 e. The summed E-state index contributed by atoms with van der Waals surface area (Å²) in [4.78, 5) is 0. The van der Waals surface area contributed by atoms with Crippen LogP contribution in [0.3, 0.4) is 0 Å². The van der Waals surface area contributed by atoms with Crippen LogP contribution in [-0.4, -0.2) is 4.57 Å². The number of imidazole rings is 1. The zero-order valence-electron chi connectivity index (χ0n) is 19.0. The highest BCUT2D eigenvalue weighted by atomic mass is 19.1. The summed E-state index contributed by atoms with van der Waals surface area (Å²) in [5, 5.41) is 0. The predicted octanol–water partition coefficient (Wildman–Crippen LogP) is 6.78. The maximum absolute atomic E-state index is 14.3. The van der Waals surface area contributed by atoms with Crippen molar-refractivity contribution in [3.05, 3.63) is 89.8 Å². The molecule has 0 spiro atoms. The zero-order chi connectivity index (χ0) is 22.6. The molecule has 1 aromatic heterocycles. The van der Waals surface area contributed by atoms with E-state index < -0.39 is 0 Å². The standard InChI is InChI=1S/C27H29F2N2/c1-26(2,3)21-17-19(29)13-16-22(21)31-24-10-8-7-9-23(24)30(25(31)27(4,5)6)20-14-11-18(28)12-15-20/h7-17H,1-6H3/q+1. The molecular weight excluding hydrogens is 390 g/mol. The molecule has 0 atom stereocenters. The number of rotatable bonds is 2. The van der Waals surface area contributed by atoms with Crippen molar-refractivity contribution < 1.29 is 13.3 Å². The van der Waals surface area contributed by atoms with Crippen molar-refractivity contribution in [3.63, 3.8) is 0 Å². The van der Waals surface area contributed by atoms with Crippen molar-refractivity contribution in [1.82, 2.24) is 4.57 Å². The summed E-state index contributed by atoms with van der Waals surface area (Å²) in [7, 11) is 0. The van der Waals surface area contributed by atoms with Gasteiger partial charge in [-0.1, -0.05) is 32.9 Å². The number of benzene rings is 3. The molecule has 0 amide bonds. The van der Waals surface area contributed by atoms with E-state index in [4.69, 9.17) is 0 Å². The lowest BCUT2D eigenvalue weighted by molar-refractivity contribution is -0.582. The van der Waals surface area contributed by atoms with Crippen molar-refractivity contribution in [2.45, 2.75) is 52.4 Å². The Morgan fingerprint density at radius 2 is 1.32 bits per heavy atom. The lowest BCUT2D eigenvalue weighted by Gasteiger charge is -2.23. The molecule has 2 nitrogen and oxygen atoms in total. The Morgan fingerprint density at radius 1 is 0.710 bits per heavy atom. The van der Waals surface area contributed by atoms with Crippen LogP contribution >= 0.6 is 0 Å². The van der Waals surface area contributed by atoms with Gasteiger partial charge in [-0.05, 0) is 80.8 Å². The molecule has 3 aromatic carbocycles. The third kappa shape index (κ3) is 3.76. The van der Waals surface area contributed by atoms with Crippen LogP contribution in [0.25, 0.3) is 22.4 Å². The second-order valence-electron chi connectivity index (χ2n) is 10.1. The van der Waals surface area contributed by atoms with Gasteiger partial charge in [0.2, 0.25) is 0 Å². The van der Waals surface area contributed by atoms with Crippen molar-refractivity contribution in [2.75, 3.05) is 0 Å². The minimum atomic E-state index is -0.265. The molecule has 31 heavy (non-hydrogen) atoms. The van der Waals surface area contributed by atoms with E-state index in [1.807, 2.05) is 18.2 Å². The van der Waals surface area contributed by atoms with Crippen LogP contribution in [0.1, 0.15) is 52.9 Å². The van der Waals surface area contributed by atoms with E-state index in [0.29, 0.717) is 0 Å². The number of fused-ring (bicyclic) bond motifs is 1. The molecule has 0 unspecified atom stereocenters. The first-order valence-electron chi connectivity index (χ1n) is 10.6. The van der Waals surface area contributed by atoms with Crippen LogP contribution in [0.4, 0.5) is 8.78 Å². The zero-order valence-corrected chi connectivity index (χ0v) is 19.0. The molecule has 0 N–H and O–H groups in total. The molecular formula is C27H29F2N2+. The van der Waals surface area contributed by atoms with Gasteiger partial charge in [0.15, 0.2) is 11.0 Å². The number of halogens is 2. The van der Waals surface area contributed by atoms with Crippen LogP contribution in [0, 0.1) is 11.6 Å². The molecule has 0 aliphatic rings. The fraction of sp³-hybridized carbons (Fsp3) is 0.296. The smallest absolute Gasteiger partial charge is 0.207 e. The average Bonchev–Trinajstić information content (AvgIpc) is 3.03. The highest BCUT2D eigenvalue weighted by molar-refractivity contribution is 5.76. The summed E-state index contributed by atoms with van der Waals surface area (Å²) in [6.45, 7) is 12.8. The fourth-order valence-electron chi connectivity index (χ4n) is 4.24. The molecule has 4 heteroatoms. The van der Waals surface area contributed by atoms with Gasteiger partial charge >= 0.3 is 0 Å². The first-order valence-corrected chi connectivity index (χ1v) is 10.6. The van der Waals surface area contributed by atoms with Gasteiger partial charge in [-0.3, -0.25) is 0 Å². The lowest BCUT2D eigenvalue weighted by atomic mass is 9.85. The number of hydrogen-bond acceptors (Lipinski definition) is 0. The SMILES string of the molecule is CC(C)(C)c1cc(F)ccc1-[n+]1c(C(C)(C)C)n(-c2ccc(F)cc2)c2ccccc21. The van der Waals surface area contributed by atoms with E-state index in [9.17, 15) is 8.78 Å². The Kier molecular flexibility index (Phi) is 5.00. The Labute approximate surface area is 182 Å². The summed E-state index contributed by atoms with van der Waals surface area (Å²) in [5.41, 5.74) is 4.31. The highest BCUT2D eigenvalue weighted by Gasteiger charge is 2.38. The van der Waals surface area contributed by atoms with Gasteiger partial charge in [-0.2, -0.15) is 9.13 Å². The van der Waals surface area contributed by atoms with E-state index in [2.05, 4.69) is 62.8 Å². The third-order valence-electron chi connectivity index (χ3n) is 5.55. The highest BCUT2D eigenvalue weighted by Crippen LogP contribution is 2.33. The summed E-state index contributed by atoms with van der Waals surface area (Å²) in [6.07, 6.45) is 0. The van der Waals surface area contributed by atoms with Gasteiger partial charge in [0.05, 0.1) is 5.41 Å². The summed E-state index contributed by atoms with van der Waals surface area (Å²) in [5.74, 6) is 0.533. The third-order valence-corrected chi connectivity index (χ3v) is 5.55. The van der Waals surface area contributed by atoms with Crippen molar-refractivity contribution in [1.29, 1.82) is 0 Å². The van der Waals surface area contributed by atoms with E-state index in [-0.39, 0.29) is 22.5 Å². The van der Waals surface area contributed by atoms with Crippen molar-refractivity contribution >= 4 is 11.0 Å². The van der Waals surface area contributed by atoms with Gasteiger partial charge in [0.1, 0.15) is 23.0 Å². The van der Waals surface area contributed by atoms with E-state index in [1.54, 1.807) is 18.2 Å². The maximum atomic E-state index is 14.3. The number of nitrogens with zero attached hydrogens (tertiary/aromatic N) is 2. The second-order valence-corrected chi connectivity index (χ2v) is 10.1. The Bertz CT molecular complexity index is 1250. The number of hydrogen-bond donors (Lipinski definition) is 0. The summed E-state index contributed by atoms with van der Waals surface area (Å²) >= 11 is 0. The van der Waals surface area contributed by atoms with Gasteiger partial charge in [0.25, 0.3) is 5.82 Å². The lowest BCUT2D eigenvalue weighted by Crippen LogP contribution is -2.43. The van der Waals surface area contributed by atoms with E-state index in [0.717, 1.165) is 33.8 Å². The molecule has 0 saturated carbocycles. The summed E-state index contributed by atoms with van der Waals surface area (Å²) < 4.78 is 32.4. The molecule has 4 aromatic rings. The average molecular weight is 420 g/mol. The molecule has 160 valence electrons. The maximum Gasteiger partial charge on any atom is 0.273 e. The van der Waals surface area contributed by atoms with Crippen LogP contribution in [0.5, 0.6) is 0 Å². The normalized spacial score (nSPS) is 12.5. The van der Waals surface area contributed by atoms with Crippen LogP contribution in [0.2, 0.25) is 0 Å². The molecule has 0 saturated heterocycles. The molecule has 0 aliphatic heterocycles. The van der Waals surface area contributed by atoms with Gasteiger partial charge in [-0.15, -0.1) is 0 Å². The van der Waals surface area contributed by atoms with Crippen molar-refractivity contribution in [3.8, 4) is 11.4 Å². The van der Waals surface area contributed by atoms with Crippen LogP contribution < -0.4 is 4.57 Å². The van der Waals surface area contributed by atoms with Crippen molar-refractivity contribution in [2.24, 2.45) is 0 Å². The molecule has 1 heterocycles. The Morgan fingerprint density at radius 3 is 1.94 bits per heavy atom. The van der Waals surface area contributed by atoms with Crippen LogP contribution in [0.15, 0.2) is 66.7 Å². The predicted molar refractivity (Wildman–Crippen MR) is 122 cm³/mol. The Balaban J connectivity index is 2.20. The monoisotopic (exact) mass is 419 g/mol. The van der Waals surface area contributed by atoms with Crippen LogP contribution in [-0.2, 0) is 10.8 Å². The molecule has 0 radical (unpaired) electrons. The van der Waals surface area contributed by atoms with Gasteiger partial charge in [-0.25, -0.2) is 8.78 Å². The molecule has 0 aliphatic carbocycles. The van der Waals surface area contributed by atoms with Gasteiger partial charge in [0, 0.05) is 5.56 Å². The summed E-state index contributed by atoms with van der Waals surface area (Å²) in [6, 6.07) is 19.8. The van der Waals surface area contributed by atoms with E-state index >= 15 is 0 Å². The fourth-order valence-corrected chi connectivity index (χ4v) is 4.24. The Hall–Kier alpha value is -3.01. The topological polar surface area (TPSA) is 8.81 Å². The second kappa shape index (κ2) is 7.30. The first kappa shape index (κ1) is 21.2. The first-order chi connectivity index (χ1) is 14.5. The van der Waals surface area contributed by atoms with Gasteiger partial charge < -0.3 is 0 Å². The van der Waals surface area contributed by atoms with E-state index in [1.165, 1.54) is 18.2 Å². The number of aromatic nitrogens is 2. The molecule has 0 fully saturated rings. The largest absolute Gasteiger partial charge is 0.273 e.